The fourth-order valence-corrected chi connectivity index (χ4v) is 3.64. The van der Waals surface area contributed by atoms with Crippen LogP contribution in [-0.2, 0) is 10.0 Å². The lowest BCUT2D eigenvalue weighted by molar-refractivity contribution is 0.394. The van der Waals surface area contributed by atoms with E-state index in [1.165, 1.54) is 12.3 Å². The Bertz CT molecular complexity index is 521. The predicted molar refractivity (Wildman–Crippen MR) is 70.0 cm³/mol. The highest BCUT2D eigenvalue weighted by Gasteiger charge is 2.23. The summed E-state index contributed by atoms with van der Waals surface area (Å²) in [6.07, 6.45) is 2.48. The summed E-state index contributed by atoms with van der Waals surface area (Å²) in [5.74, 6) is 0.361. The van der Waals surface area contributed by atoms with Gasteiger partial charge in [0.05, 0.1) is 0 Å². The molecule has 0 bridgehead atoms. The Balaban J connectivity index is 2.02. The fourth-order valence-electron chi connectivity index (χ4n) is 2.07. The minimum Gasteiger partial charge on any atom is -0.306 e. The standard InChI is InChI=1S/C11H16ClN3O2S/c1-15-6-4-9(8-15)7-14-18(16,17)10-3-2-5-13-11(10)12/h2-3,5,9,14H,4,6-8H2,1H3. The Labute approximate surface area is 112 Å². The number of nitrogens with zero attached hydrogens (tertiary/aromatic N) is 2. The summed E-state index contributed by atoms with van der Waals surface area (Å²) in [5, 5.41) is 0.00791. The summed E-state index contributed by atoms with van der Waals surface area (Å²) < 4.78 is 26.7. The summed E-state index contributed by atoms with van der Waals surface area (Å²) in [4.78, 5) is 6.01. The van der Waals surface area contributed by atoms with Gasteiger partial charge in [-0.05, 0) is 38.1 Å². The third kappa shape index (κ3) is 3.20. The molecule has 0 aromatic carbocycles. The minimum absolute atomic E-state index is 0.00791. The summed E-state index contributed by atoms with van der Waals surface area (Å²) in [7, 11) is -1.52. The van der Waals surface area contributed by atoms with E-state index in [0.29, 0.717) is 12.5 Å². The molecule has 1 atom stereocenters. The van der Waals surface area contributed by atoms with Crippen molar-refractivity contribution in [2.45, 2.75) is 11.3 Å². The van der Waals surface area contributed by atoms with Crippen LogP contribution in [0.1, 0.15) is 6.42 Å². The van der Waals surface area contributed by atoms with Crippen LogP contribution in [0.25, 0.3) is 0 Å². The first kappa shape index (κ1) is 13.7. The van der Waals surface area contributed by atoms with E-state index in [-0.39, 0.29) is 10.0 Å². The second-order valence-electron chi connectivity index (χ2n) is 4.56. The summed E-state index contributed by atoms with van der Waals surface area (Å²) >= 11 is 5.79. The molecule has 18 heavy (non-hydrogen) atoms. The third-order valence-corrected chi connectivity index (χ3v) is 4.93. The van der Waals surface area contributed by atoms with Crippen LogP contribution in [0.4, 0.5) is 0 Å². The Morgan fingerprint density at radius 3 is 3.00 bits per heavy atom. The van der Waals surface area contributed by atoms with Crippen LogP contribution in [0, 0.1) is 5.92 Å². The van der Waals surface area contributed by atoms with Crippen molar-refractivity contribution in [2.24, 2.45) is 5.92 Å². The summed E-state index contributed by atoms with van der Waals surface area (Å²) in [6, 6.07) is 3.02. The molecule has 0 spiro atoms. The summed E-state index contributed by atoms with van der Waals surface area (Å²) in [6.45, 7) is 2.38. The molecule has 1 saturated heterocycles. The van der Waals surface area contributed by atoms with E-state index < -0.39 is 10.0 Å². The van der Waals surface area contributed by atoms with E-state index in [9.17, 15) is 8.42 Å². The summed E-state index contributed by atoms with van der Waals surface area (Å²) in [5.41, 5.74) is 0. The topological polar surface area (TPSA) is 62.3 Å². The van der Waals surface area contributed by atoms with Crippen molar-refractivity contribution >= 4 is 21.6 Å². The fraction of sp³-hybridized carbons (Fsp3) is 0.545. The number of sulfonamides is 1. The molecule has 100 valence electrons. The van der Waals surface area contributed by atoms with Gasteiger partial charge >= 0.3 is 0 Å². The molecule has 1 unspecified atom stereocenters. The van der Waals surface area contributed by atoms with Gasteiger partial charge in [-0.15, -0.1) is 0 Å². The van der Waals surface area contributed by atoms with Crippen LogP contribution >= 0.6 is 11.6 Å². The maximum Gasteiger partial charge on any atom is 0.243 e. The van der Waals surface area contributed by atoms with E-state index in [1.807, 2.05) is 7.05 Å². The van der Waals surface area contributed by atoms with Crippen LogP contribution in [0.15, 0.2) is 23.2 Å². The van der Waals surface area contributed by atoms with Crippen molar-refractivity contribution in [3.05, 3.63) is 23.5 Å². The Morgan fingerprint density at radius 1 is 1.61 bits per heavy atom. The lowest BCUT2D eigenvalue weighted by atomic mass is 10.1. The number of aromatic nitrogens is 1. The zero-order valence-electron chi connectivity index (χ0n) is 10.1. The maximum atomic E-state index is 12.0. The van der Waals surface area contributed by atoms with Crippen LogP contribution in [0.5, 0.6) is 0 Å². The molecular weight excluding hydrogens is 274 g/mol. The Kier molecular flexibility index (Phi) is 4.21. The number of hydrogen-bond donors (Lipinski definition) is 1. The van der Waals surface area contributed by atoms with Crippen LogP contribution in [0.2, 0.25) is 5.15 Å². The maximum absolute atomic E-state index is 12.0. The van der Waals surface area contributed by atoms with Gasteiger partial charge in [0.15, 0.2) is 0 Å². The molecule has 1 aliphatic heterocycles. The van der Waals surface area contributed by atoms with Gasteiger partial charge in [-0.2, -0.15) is 0 Å². The number of halogens is 1. The molecule has 1 aromatic rings. The van der Waals surface area contributed by atoms with Gasteiger partial charge in [0.25, 0.3) is 0 Å². The molecule has 1 aliphatic rings. The van der Waals surface area contributed by atoms with Crippen LogP contribution < -0.4 is 4.72 Å². The monoisotopic (exact) mass is 289 g/mol. The van der Waals surface area contributed by atoms with Crippen molar-refractivity contribution in [1.29, 1.82) is 0 Å². The molecular formula is C11H16ClN3O2S. The van der Waals surface area contributed by atoms with Crippen LogP contribution in [0.3, 0.4) is 0 Å². The number of nitrogens with one attached hydrogen (secondary N) is 1. The van der Waals surface area contributed by atoms with Crippen molar-refractivity contribution in [1.82, 2.24) is 14.6 Å². The van der Waals surface area contributed by atoms with E-state index >= 15 is 0 Å². The van der Waals surface area contributed by atoms with Crippen molar-refractivity contribution in [3.8, 4) is 0 Å². The van der Waals surface area contributed by atoms with Gasteiger partial charge in [-0.1, -0.05) is 11.6 Å². The van der Waals surface area contributed by atoms with Crippen molar-refractivity contribution in [3.63, 3.8) is 0 Å². The zero-order valence-corrected chi connectivity index (χ0v) is 11.7. The molecule has 0 aliphatic carbocycles. The normalized spacial score (nSPS) is 21.3. The Morgan fingerprint density at radius 2 is 2.39 bits per heavy atom. The molecule has 5 nitrogen and oxygen atoms in total. The van der Waals surface area contributed by atoms with E-state index in [2.05, 4.69) is 14.6 Å². The largest absolute Gasteiger partial charge is 0.306 e. The molecule has 2 rings (SSSR count). The smallest absolute Gasteiger partial charge is 0.243 e. The Hall–Kier alpha value is -0.690. The molecule has 1 N–H and O–H groups in total. The molecule has 0 saturated carbocycles. The van der Waals surface area contributed by atoms with E-state index in [1.54, 1.807) is 6.07 Å². The van der Waals surface area contributed by atoms with Crippen molar-refractivity contribution in [2.75, 3.05) is 26.7 Å². The average Bonchev–Trinajstić information content (AvgIpc) is 2.73. The molecule has 0 radical (unpaired) electrons. The first-order valence-electron chi connectivity index (χ1n) is 5.78. The molecule has 7 heteroatoms. The molecule has 1 fully saturated rings. The predicted octanol–water partition coefficient (Wildman–Crippen LogP) is 0.965. The molecule has 1 aromatic heterocycles. The highest BCUT2D eigenvalue weighted by Crippen LogP contribution is 2.19. The van der Waals surface area contributed by atoms with Gasteiger partial charge in [0.2, 0.25) is 10.0 Å². The number of hydrogen-bond acceptors (Lipinski definition) is 4. The average molecular weight is 290 g/mol. The number of rotatable bonds is 4. The van der Waals surface area contributed by atoms with Crippen molar-refractivity contribution < 1.29 is 8.42 Å². The quantitative estimate of drug-likeness (QED) is 0.839. The minimum atomic E-state index is -3.56. The van der Waals surface area contributed by atoms with E-state index in [0.717, 1.165) is 19.5 Å². The first-order valence-corrected chi connectivity index (χ1v) is 7.64. The second-order valence-corrected chi connectivity index (χ2v) is 6.65. The van der Waals surface area contributed by atoms with Gasteiger partial charge < -0.3 is 4.90 Å². The lowest BCUT2D eigenvalue weighted by Crippen LogP contribution is -2.30. The number of likely N-dealkylation sites (tertiary alicyclic amines) is 1. The highest BCUT2D eigenvalue weighted by molar-refractivity contribution is 7.89. The van der Waals surface area contributed by atoms with Gasteiger partial charge in [-0.3, -0.25) is 0 Å². The lowest BCUT2D eigenvalue weighted by Gasteiger charge is -2.12. The highest BCUT2D eigenvalue weighted by atomic mass is 35.5. The van der Waals surface area contributed by atoms with Gasteiger partial charge in [-0.25, -0.2) is 18.1 Å². The zero-order chi connectivity index (χ0) is 13.2. The molecule has 0 amide bonds. The van der Waals surface area contributed by atoms with Gasteiger partial charge in [0, 0.05) is 19.3 Å². The van der Waals surface area contributed by atoms with E-state index in [4.69, 9.17) is 11.6 Å². The third-order valence-electron chi connectivity index (χ3n) is 3.07. The first-order chi connectivity index (χ1) is 8.49. The second kappa shape index (κ2) is 5.52. The van der Waals surface area contributed by atoms with Gasteiger partial charge in [0.1, 0.15) is 10.0 Å². The SMILES string of the molecule is CN1CCC(CNS(=O)(=O)c2cccnc2Cl)C1. The number of pyridine rings is 1. The molecule has 2 heterocycles. The van der Waals surface area contributed by atoms with Crippen LogP contribution in [-0.4, -0.2) is 45.0 Å².